The Balaban J connectivity index is 2.26. The molecule has 0 aliphatic heterocycles. The van der Waals surface area contributed by atoms with E-state index in [9.17, 15) is 9.18 Å². The Hall–Kier alpha value is -2.56. The number of carboxylic acids is 1. The molecule has 3 N–H and O–H groups in total. The third-order valence-corrected chi connectivity index (χ3v) is 3.40. The molecule has 0 saturated heterocycles. The fraction of sp³-hybridized carbons (Fsp3) is 0.188. The number of aromatic carboxylic acids is 1. The predicted molar refractivity (Wildman–Crippen MR) is 81.1 cm³/mol. The molecule has 0 saturated carbocycles. The number of anilines is 2. The van der Waals surface area contributed by atoms with Crippen molar-refractivity contribution in [3.05, 3.63) is 58.9 Å². The average Bonchev–Trinajstić information content (AvgIpc) is 2.42. The molecule has 2 rings (SSSR count). The molecule has 0 fully saturated rings. The lowest BCUT2D eigenvalue weighted by atomic mass is 10.1. The lowest BCUT2D eigenvalue weighted by Gasteiger charge is -2.22. The summed E-state index contributed by atoms with van der Waals surface area (Å²) in [7, 11) is 1.83. The fourth-order valence-electron chi connectivity index (χ4n) is 2.19. The SMILES string of the molecule is Cc1ccc(F)cc1CN(C)c1ccc(C(=O)O)cc1N. The summed E-state index contributed by atoms with van der Waals surface area (Å²) >= 11 is 0. The van der Waals surface area contributed by atoms with Gasteiger partial charge in [0, 0.05) is 13.6 Å². The van der Waals surface area contributed by atoms with Crippen molar-refractivity contribution in [2.45, 2.75) is 13.5 Å². The van der Waals surface area contributed by atoms with E-state index in [0.29, 0.717) is 17.9 Å². The van der Waals surface area contributed by atoms with Crippen molar-refractivity contribution in [2.24, 2.45) is 0 Å². The van der Waals surface area contributed by atoms with Crippen molar-refractivity contribution in [3.63, 3.8) is 0 Å². The van der Waals surface area contributed by atoms with E-state index in [1.165, 1.54) is 24.3 Å². The number of nitrogens with zero attached hydrogens (tertiary/aromatic N) is 1. The minimum Gasteiger partial charge on any atom is -0.478 e. The predicted octanol–water partition coefficient (Wildman–Crippen LogP) is 3.05. The molecule has 0 aliphatic rings. The first-order chi connectivity index (χ1) is 9.88. The van der Waals surface area contributed by atoms with Gasteiger partial charge < -0.3 is 15.7 Å². The smallest absolute Gasteiger partial charge is 0.335 e. The highest BCUT2D eigenvalue weighted by atomic mass is 19.1. The van der Waals surface area contributed by atoms with E-state index < -0.39 is 5.97 Å². The Kier molecular flexibility index (Phi) is 4.12. The molecule has 0 amide bonds. The van der Waals surface area contributed by atoms with Crippen LogP contribution in [0.5, 0.6) is 0 Å². The molecule has 0 radical (unpaired) electrons. The van der Waals surface area contributed by atoms with E-state index in [0.717, 1.165) is 11.1 Å². The normalized spacial score (nSPS) is 10.4. The molecule has 2 aromatic carbocycles. The molecular weight excluding hydrogens is 271 g/mol. The molecule has 0 unspecified atom stereocenters. The van der Waals surface area contributed by atoms with Crippen molar-refractivity contribution in [1.29, 1.82) is 0 Å². The van der Waals surface area contributed by atoms with E-state index in [4.69, 9.17) is 10.8 Å². The second-order valence-electron chi connectivity index (χ2n) is 5.01. The summed E-state index contributed by atoms with van der Waals surface area (Å²) in [5, 5.41) is 8.93. The van der Waals surface area contributed by atoms with Crippen LogP contribution in [0, 0.1) is 12.7 Å². The zero-order chi connectivity index (χ0) is 15.6. The highest BCUT2D eigenvalue weighted by Crippen LogP contribution is 2.25. The van der Waals surface area contributed by atoms with Crippen LogP contribution in [0.4, 0.5) is 15.8 Å². The number of aryl methyl sites for hydroxylation is 1. The molecular formula is C16H17FN2O2. The minimum absolute atomic E-state index is 0.145. The molecule has 4 nitrogen and oxygen atoms in total. The zero-order valence-corrected chi connectivity index (χ0v) is 11.9. The monoisotopic (exact) mass is 288 g/mol. The number of carboxylic acid groups (broad SMARTS) is 1. The van der Waals surface area contributed by atoms with E-state index in [1.54, 1.807) is 12.1 Å². The molecule has 2 aromatic rings. The van der Waals surface area contributed by atoms with Crippen LogP contribution in [-0.4, -0.2) is 18.1 Å². The van der Waals surface area contributed by atoms with Crippen LogP contribution in [0.15, 0.2) is 36.4 Å². The summed E-state index contributed by atoms with van der Waals surface area (Å²) in [6, 6.07) is 9.24. The Morgan fingerprint density at radius 1 is 1.29 bits per heavy atom. The highest BCUT2D eigenvalue weighted by molar-refractivity contribution is 5.90. The van der Waals surface area contributed by atoms with Crippen molar-refractivity contribution in [1.82, 2.24) is 0 Å². The molecule has 110 valence electrons. The van der Waals surface area contributed by atoms with Gasteiger partial charge in [0.15, 0.2) is 0 Å². The van der Waals surface area contributed by atoms with Crippen LogP contribution in [-0.2, 0) is 6.54 Å². The summed E-state index contributed by atoms with van der Waals surface area (Å²) in [6.45, 7) is 2.40. The average molecular weight is 288 g/mol. The first-order valence-electron chi connectivity index (χ1n) is 6.47. The van der Waals surface area contributed by atoms with E-state index >= 15 is 0 Å². The Bertz CT molecular complexity index is 686. The Labute approximate surface area is 122 Å². The maximum absolute atomic E-state index is 13.3. The highest BCUT2D eigenvalue weighted by Gasteiger charge is 2.11. The van der Waals surface area contributed by atoms with Crippen LogP contribution >= 0.6 is 0 Å². The second-order valence-corrected chi connectivity index (χ2v) is 5.01. The zero-order valence-electron chi connectivity index (χ0n) is 11.9. The Morgan fingerprint density at radius 2 is 2.00 bits per heavy atom. The number of nitrogen functional groups attached to an aromatic ring is 1. The molecule has 0 aromatic heterocycles. The summed E-state index contributed by atoms with van der Waals surface area (Å²) < 4.78 is 13.3. The lowest BCUT2D eigenvalue weighted by Crippen LogP contribution is -2.19. The second kappa shape index (κ2) is 5.83. The number of carbonyl (C=O) groups is 1. The number of rotatable bonds is 4. The molecule has 0 bridgehead atoms. The fourth-order valence-corrected chi connectivity index (χ4v) is 2.19. The van der Waals surface area contributed by atoms with Gasteiger partial charge in [0.05, 0.1) is 16.9 Å². The third-order valence-electron chi connectivity index (χ3n) is 3.40. The van der Waals surface area contributed by atoms with Crippen LogP contribution in [0.1, 0.15) is 21.5 Å². The van der Waals surface area contributed by atoms with E-state index in [1.807, 2.05) is 18.9 Å². The van der Waals surface area contributed by atoms with Crippen LogP contribution in [0.2, 0.25) is 0 Å². The lowest BCUT2D eigenvalue weighted by molar-refractivity contribution is 0.0697. The minimum atomic E-state index is -1.02. The molecule has 0 aliphatic carbocycles. The van der Waals surface area contributed by atoms with Crippen LogP contribution in [0.3, 0.4) is 0 Å². The van der Waals surface area contributed by atoms with E-state index in [-0.39, 0.29) is 11.4 Å². The van der Waals surface area contributed by atoms with Gasteiger partial charge in [-0.15, -0.1) is 0 Å². The number of halogens is 1. The van der Waals surface area contributed by atoms with Crippen LogP contribution in [0.25, 0.3) is 0 Å². The van der Waals surface area contributed by atoms with E-state index in [2.05, 4.69) is 0 Å². The number of hydrogen-bond acceptors (Lipinski definition) is 3. The Morgan fingerprint density at radius 3 is 2.62 bits per heavy atom. The summed E-state index contributed by atoms with van der Waals surface area (Å²) in [6.07, 6.45) is 0. The molecule has 0 spiro atoms. The topological polar surface area (TPSA) is 66.6 Å². The van der Waals surface area contributed by atoms with Gasteiger partial charge in [-0.3, -0.25) is 0 Å². The van der Waals surface area contributed by atoms with Gasteiger partial charge in [0.2, 0.25) is 0 Å². The largest absolute Gasteiger partial charge is 0.478 e. The van der Waals surface area contributed by atoms with Gasteiger partial charge in [-0.25, -0.2) is 9.18 Å². The van der Waals surface area contributed by atoms with Crippen molar-refractivity contribution < 1.29 is 14.3 Å². The van der Waals surface area contributed by atoms with Gasteiger partial charge >= 0.3 is 5.97 Å². The van der Waals surface area contributed by atoms with Crippen molar-refractivity contribution >= 4 is 17.3 Å². The van der Waals surface area contributed by atoms with Gasteiger partial charge in [-0.1, -0.05) is 6.07 Å². The number of benzene rings is 2. The van der Waals surface area contributed by atoms with Gasteiger partial charge in [-0.05, 0) is 48.4 Å². The van der Waals surface area contributed by atoms with Gasteiger partial charge in [0.25, 0.3) is 0 Å². The standard InChI is InChI=1S/C16H17FN2O2/c1-10-3-5-13(17)7-12(10)9-19(2)15-6-4-11(16(20)21)8-14(15)18/h3-8H,9,18H2,1-2H3,(H,20,21). The van der Waals surface area contributed by atoms with Crippen molar-refractivity contribution in [2.75, 3.05) is 17.7 Å². The summed E-state index contributed by atoms with van der Waals surface area (Å²) in [5.74, 6) is -1.30. The number of nitrogens with two attached hydrogens (primary N) is 1. The third kappa shape index (κ3) is 3.31. The van der Waals surface area contributed by atoms with Crippen LogP contribution < -0.4 is 10.6 Å². The maximum atomic E-state index is 13.3. The molecule has 0 heterocycles. The first kappa shape index (κ1) is 14.8. The molecule has 21 heavy (non-hydrogen) atoms. The molecule has 5 heteroatoms. The first-order valence-corrected chi connectivity index (χ1v) is 6.47. The number of hydrogen-bond donors (Lipinski definition) is 2. The van der Waals surface area contributed by atoms with Crippen molar-refractivity contribution in [3.8, 4) is 0 Å². The van der Waals surface area contributed by atoms with Gasteiger partial charge in [0.1, 0.15) is 5.82 Å². The maximum Gasteiger partial charge on any atom is 0.335 e. The quantitative estimate of drug-likeness (QED) is 0.849. The molecule has 0 atom stereocenters. The van der Waals surface area contributed by atoms with Gasteiger partial charge in [-0.2, -0.15) is 0 Å². The summed E-state index contributed by atoms with van der Waals surface area (Å²) in [4.78, 5) is 12.8. The summed E-state index contributed by atoms with van der Waals surface area (Å²) in [5.41, 5.74) is 8.99.